The monoisotopic (exact) mass is 540 g/mol. The Labute approximate surface area is 203 Å². The molecule has 0 aliphatic heterocycles. The molecule has 0 aromatic rings. The van der Waals surface area contributed by atoms with Crippen LogP contribution in [-0.2, 0) is 26.9 Å². The number of hydrogen-bond donors (Lipinski definition) is 0. The molecule has 0 aliphatic rings. The standard InChI is InChI=1S/C21H52O6Si5/c1-28(2,3)23-16-18(22)20(26-31(10,11)12)21(27-32(13,14)15)19(25-30(7,8)9)17-24-29(4,5)6/h19-21H,16-17H2,1-15H3/t19-,20-,21-/m1/s1. The molecule has 0 unspecified atom stereocenters. The van der Waals surface area contributed by atoms with E-state index in [9.17, 15) is 4.79 Å². The van der Waals surface area contributed by atoms with E-state index in [1.807, 2.05) is 0 Å². The molecule has 0 heterocycles. The smallest absolute Gasteiger partial charge is 0.187 e. The quantitative estimate of drug-likeness (QED) is 0.240. The van der Waals surface area contributed by atoms with Crippen LogP contribution in [0.5, 0.6) is 0 Å². The van der Waals surface area contributed by atoms with Crippen LogP contribution in [0.15, 0.2) is 0 Å². The summed E-state index contributed by atoms with van der Waals surface area (Å²) in [5, 5.41) is 0. The van der Waals surface area contributed by atoms with Gasteiger partial charge in [-0.1, -0.05) is 0 Å². The molecule has 0 amide bonds. The Morgan fingerprint density at radius 3 is 1.31 bits per heavy atom. The second-order valence-corrected chi connectivity index (χ2v) is 35.8. The highest BCUT2D eigenvalue weighted by Gasteiger charge is 2.43. The largest absolute Gasteiger partial charge is 0.415 e. The Morgan fingerprint density at radius 1 is 0.562 bits per heavy atom. The molecule has 0 spiro atoms. The molecule has 0 N–H and O–H groups in total. The second-order valence-electron chi connectivity index (χ2n) is 13.4. The third kappa shape index (κ3) is 17.1. The van der Waals surface area contributed by atoms with Gasteiger partial charge in [0.25, 0.3) is 0 Å². The molecule has 32 heavy (non-hydrogen) atoms. The number of Topliss-reactive ketones (excluding diaryl/α,β-unsaturated/α-hetero) is 1. The molecule has 6 nitrogen and oxygen atoms in total. The van der Waals surface area contributed by atoms with Gasteiger partial charge in [0.15, 0.2) is 47.4 Å². The van der Waals surface area contributed by atoms with E-state index in [1.54, 1.807) is 0 Å². The average molecular weight is 541 g/mol. The van der Waals surface area contributed by atoms with Crippen LogP contribution in [0.25, 0.3) is 0 Å². The van der Waals surface area contributed by atoms with Crippen molar-refractivity contribution in [2.24, 2.45) is 0 Å². The van der Waals surface area contributed by atoms with Crippen molar-refractivity contribution in [1.82, 2.24) is 0 Å². The van der Waals surface area contributed by atoms with Gasteiger partial charge in [0.2, 0.25) is 0 Å². The number of rotatable bonds is 15. The van der Waals surface area contributed by atoms with Gasteiger partial charge in [-0.25, -0.2) is 0 Å². The molecule has 0 aromatic heterocycles. The first-order valence-corrected chi connectivity index (χ1v) is 28.8. The first-order valence-electron chi connectivity index (χ1n) is 11.7. The Morgan fingerprint density at radius 2 is 0.969 bits per heavy atom. The van der Waals surface area contributed by atoms with E-state index in [0.717, 1.165) is 0 Å². The number of carbonyl (C=O) groups excluding carboxylic acids is 1. The fraction of sp³-hybridized carbons (Fsp3) is 0.952. The predicted octanol–water partition coefficient (Wildman–Crippen LogP) is 5.92. The zero-order valence-electron chi connectivity index (χ0n) is 23.6. The van der Waals surface area contributed by atoms with E-state index >= 15 is 0 Å². The van der Waals surface area contributed by atoms with Crippen LogP contribution in [0.2, 0.25) is 98.2 Å². The highest BCUT2D eigenvalue weighted by molar-refractivity contribution is 6.71. The Bertz CT molecular complexity index is 582. The third-order valence-electron chi connectivity index (χ3n) is 3.79. The average Bonchev–Trinajstić information content (AvgIpc) is 2.48. The van der Waals surface area contributed by atoms with Gasteiger partial charge >= 0.3 is 0 Å². The maximum absolute atomic E-state index is 13.5. The third-order valence-corrected chi connectivity index (χ3v) is 8.78. The summed E-state index contributed by atoms with van der Waals surface area (Å²) in [5.41, 5.74) is 0. The molecule has 0 saturated heterocycles. The lowest BCUT2D eigenvalue weighted by molar-refractivity contribution is -0.137. The van der Waals surface area contributed by atoms with E-state index in [4.69, 9.17) is 22.1 Å². The van der Waals surface area contributed by atoms with Gasteiger partial charge in [0.05, 0.1) is 19.3 Å². The highest BCUT2D eigenvalue weighted by atomic mass is 28.4. The molecule has 192 valence electrons. The molecule has 0 fully saturated rings. The van der Waals surface area contributed by atoms with Crippen molar-refractivity contribution in [1.29, 1.82) is 0 Å². The minimum atomic E-state index is -2.07. The Hall–Kier alpha value is 0.554. The SMILES string of the molecule is C[Si](C)(C)OCC(=O)[C@@H](O[Si](C)(C)C)[C@H](O[Si](C)(C)C)[C@@H](CO[Si](C)(C)C)O[Si](C)(C)C. The maximum atomic E-state index is 13.5. The second kappa shape index (κ2) is 12.0. The summed E-state index contributed by atoms with van der Waals surface area (Å²) >= 11 is 0. The van der Waals surface area contributed by atoms with Crippen LogP contribution < -0.4 is 0 Å². The van der Waals surface area contributed by atoms with Gasteiger partial charge in [0, 0.05) is 0 Å². The van der Waals surface area contributed by atoms with Gasteiger partial charge in [-0.3, -0.25) is 4.79 Å². The fourth-order valence-corrected chi connectivity index (χ4v) is 7.26. The van der Waals surface area contributed by atoms with Crippen molar-refractivity contribution in [2.45, 2.75) is 117 Å². The predicted molar refractivity (Wildman–Crippen MR) is 148 cm³/mol. The highest BCUT2D eigenvalue weighted by Crippen LogP contribution is 2.25. The van der Waals surface area contributed by atoms with Gasteiger partial charge in [-0.05, 0) is 98.2 Å². The zero-order valence-corrected chi connectivity index (χ0v) is 28.6. The van der Waals surface area contributed by atoms with Gasteiger partial charge in [-0.15, -0.1) is 0 Å². The van der Waals surface area contributed by atoms with Crippen molar-refractivity contribution in [3.8, 4) is 0 Å². The molecule has 0 rings (SSSR count). The maximum Gasteiger partial charge on any atom is 0.187 e. The summed E-state index contributed by atoms with van der Waals surface area (Å²) in [6, 6.07) is 0. The lowest BCUT2D eigenvalue weighted by atomic mass is 10.1. The van der Waals surface area contributed by atoms with Crippen molar-refractivity contribution < 1.29 is 26.9 Å². The van der Waals surface area contributed by atoms with Crippen molar-refractivity contribution in [3.63, 3.8) is 0 Å². The molecule has 0 saturated carbocycles. The van der Waals surface area contributed by atoms with Crippen molar-refractivity contribution in [3.05, 3.63) is 0 Å². The van der Waals surface area contributed by atoms with Crippen LogP contribution in [0.3, 0.4) is 0 Å². The first-order chi connectivity index (χ1) is 13.9. The van der Waals surface area contributed by atoms with Crippen LogP contribution in [0, 0.1) is 0 Å². The minimum absolute atomic E-state index is 0.0466. The number of hydrogen-bond acceptors (Lipinski definition) is 6. The van der Waals surface area contributed by atoms with E-state index in [-0.39, 0.29) is 18.5 Å². The number of carbonyl (C=O) groups is 1. The summed E-state index contributed by atoms with van der Waals surface area (Å²) in [6.45, 7) is 32.4. The molecular formula is C21H52O6Si5. The summed E-state index contributed by atoms with van der Waals surface area (Å²) in [4.78, 5) is 13.5. The first kappa shape index (κ1) is 32.6. The lowest BCUT2D eigenvalue weighted by Gasteiger charge is -2.42. The van der Waals surface area contributed by atoms with E-state index in [1.165, 1.54) is 0 Å². The lowest BCUT2D eigenvalue weighted by Crippen LogP contribution is -2.58. The topological polar surface area (TPSA) is 63.2 Å². The van der Waals surface area contributed by atoms with E-state index < -0.39 is 53.8 Å². The van der Waals surface area contributed by atoms with Gasteiger partial charge < -0.3 is 22.1 Å². The summed E-state index contributed by atoms with van der Waals surface area (Å²) in [6.07, 6.45) is -1.61. The van der Waals surface area contributed by atoms with Crippen LogP contribution in [0.1, 0.15) is 0 Å². The van der Waals surface area contributed by atoms with Crippen molar-refractivity contribution in [2.75, 3.05) is 13.2 Å². The van der Waals surface area contributed by atoms with Crippen LogP contribution >= 0.6 is 0 Å². The van der Waals surface area contributed by atoms with Crippen LogP contribution in [0.4, 0.5) is 0 Å². The zero-order chi connectivity index (χ0) is 25.8. The molecule has 0 aliphatic carbocycles. The fourth-order valence-electron chi connectivity index (χ4n) is 2.79. The van der Waals surface area contributed by atoms with E-state index in [0.29, 0.717) is 6.61 Å². The van der Waals surface area contributed by atoms with Gasteiger partial charge in [0.1, 0.15) is 12.2 Å². The molecule has 3 atom stereocenters. The van der Waals surface area contributed by atoms with Gasteiger partial charge in [-0.2, -0.15) is 0 Å². The summed E-state index contributed by atoms with van der Waals surface area (Å²) in [7, 11) is -9.70. The Balaban J connectivity index is 6.28. The Kier molecular flexibility index (Phi) is 12.2. The molecule has 11 heteroatoms. The molecule has 0 radical (unpaired) electrons. The molecular weight excluding hydrogens is 489 g/mol. The number of ketones is 1. The summed E-state index contributed by atoms with van der Waals surface area (Å²) in [5.74, 6) is -0.0599. The normalized spacial score (nSPS) is 17.2. The molecule has 0 aromatic carbocycles. The minimum Gasteiger partial charge on any atom is -0.415 e. The van der Waals surface area contributed by atoms with Crippen LogP contribution in [-0.4, -0.2) is 78.9 Å². The van der Waals surface area contributed by atoms with E-state index in [2.05, 4.69) is 98.2 Å². The molecule has 0 bridgehead atoms. The summed E-state index contributed by atoms with van der Waals surface area (Å²) < 4.78 is 32.1. The van der Waals surface area contributed by atoms with Crippen molar-refractivity contribution >= 4 is 47.4 Å².